The van der Waals surface area contributed by atoms with Crippen molar-refractivity contribution in [2.75, 3.05) is 13.1 Å². The minimum absolute atomic E-state index is 0.488. The Morgan fingerprint density at radius 3 is 2.25 bits per heavy atom. The number of rotatable bonds is 4. The van der Waals surface area contributed by atoms with Crippen LogP contribution in [-0.4, -0.2) is 32.8 Å². The summed E-state index contributed by atoms with van der Waals surface area (Å²) in [6.07, 6.45) is 4.18. The van der Waals surface area contributed by atoms with Crippen molar-refractivity contribution in [3.8, 4) is 11.4 Å². The quantitative estimate of drug-likeness (QED) is 0.734. The number of piperidine rings is 1. The fourth-order valence-corrected chi connectivity index (χ4v) is 3.50. The molecule has 4 nitrogen and oxygen atoms in total. The van der Waals surface area contributed by atoms with Crippen molar-refractivity contribution in [2.24, 2.45) is 0 Å². The Morgan fingerprint density at radius 2 is 1.54 bits per heavy atom. The van der Waals surface area contributed by atoms with Gasteiger partial charge in [-0.2, -0.15) is 0 Å². The monoisotopic (exact) mass is 318 g/mol. The first-order valence-corrected chi connectivity index (χ1v) is 8.61. The van der Waals surface area contributed by atoms with Crippen LogP contribution >= 0.6 is 0 Å². The summed E-state index contributed by atoms with van der Waals surface area (Å²) < 4.78 is 2.26. The van der Waals surface area contributed by atoms with Crippen LogP contribution in [0.1, 0.15) is 24.4 Å². The Hall–Kier alpha value is -2.46. The first-order valence-electron chi connectivity index (χ1n) is 8.61. The number of likely N-dealkylation sites (tertiary alicyclic amines) is 1. The van der Waals surface area contributed by atoms with E-state index >= 15 is 0 Å². The zero-order chi connectivity index (χ0) is 16.2. The Bertz CT molecular complexity index is 759. The number of benzene rings is 2. The molecule has 2 aromatic carbocycles. The van der Waals surface area contributed by atoms with Gasteiger partial charge < -0.3 is 4.57 Å². The predicted molar refractivity (Wildman–Crippen MR) is 95.4 cm³/mol. The van der Waals surface area contributed by atoms with E-state index in [-0.39, 0.29) is 0 Å². The highest BCUT2D eigenvalue weighted by atomic mass is 15.3. The molecule has 1 saturated heterocycles. The lowest BCUT2D eigenvalue weighted by atomic mass is 10.0. The highest BCUT2D eigenvalue weighted by Gasteiger charge is 2.23. The van der Waals surface area contributed by atoms with Crippen LogP contribution in [0.5, 0.6) is 0 Å². The lowest BCUT2D eigenvalue weighted by Crippen LogP contribution is -2.34. The van der Waals surface area contributed by atoms with E-state index in [1.165, 1.54) is 5.56 Å². The van der Waals surface area contributed by atoms with Gasteiger partial charge in [0.1, 0.15) is 6.33 Å². The van der Waals surface area contributed by atoms with Crippen molar-refractivity contribution in [2.45, 2.75) is 25.4 Å². The second-order valence-corrected chi connectivity index (χ2v) is 6.42. The maximum absolute atomic E-state index is 4.35. The van der Waals surface area contributed by atoms with Crippen LogP contribution in [0.15, 0.2) is 67.0 Å². The van der Waals surface area contributed by atoms with Gasteiger partial charge in [0.15, 0.2) is 5.82 Å². The molecule has 0 bridgehead atoms. The summed E-state index contributed by atoms with van der Waals surface area (Å²) in [5.74, 6) is 0.983. The molecule has 0 radical (unpaired) electrons. The first kappa shape index (κ1) is 15.1. The fourth-order valence-electron chi connectivity index (χ4n) is 3.50. The van der Waals surface area contributed by atoms with E-state index in [4.69, 9.17) is 0 Å². The first-order chi connectivity index (χ1) is 11.9. The maximum Gasteiger partial charge on any atom is 0.164 e. The van der Waals surface area contributed by atoms with Gasteiger partial charge in [-0.15, -0.1) is 10.2 Å². The number of aromatic nitrogens is 3. The minimum Gasteiger partial charge on any atom is -0.310 e. The Kier molecular flexibility index (Phi) is 4.38. The largest absolute Gasteiger partial charge is 0.310 e. The van der Waals surface area contributed by atoms with Gasteiger partial charge >= 0.3 is 0 Å². The van der Waals surface area contributed by atoms with Crippen LogP contribution in [0, 0.1) is 0 Å². The maximum atomic E-state index is 4.35. The van der Waals surface area contributed by atoms with E-state index in [0.29, 0.717) is 6.04 Å². The Balaban J connectivity index is 1.43. The van der Waals surface area contributed by atoms with E-state index in [9.17, 15) is 0 Å². The van der Waals surface area contributed by atoms with Crippen LogP contribution < -0.4 is 0 Å². The molecule has 1 aliphatic rings. The molecule has 0 aliphatic carbocycles. The average molecular weight is 318 g/mol. The van der Waals surface area contributed by atoms with Gasteiger partial charge in [-0.1, -0.05) is 60.7 Å². The minimum atomic E-state index is 0.488. The summed E-state index contributed by atoms with van der Waals surface area (Å²) in [7, 11) is 0. The summed E-state index contributed by atoms with van der Waals surface area (Å²) in [5.41, 5.74) is 2.53. The second-order valence-electron chi connectivity index (χ2n) is 6.42. The van der Waals surface area contributed by atoms with Crippen LogP contribution in [0.3, 0.4) is 0 Å². The molecule has 0 unspecified atom stereocenters. The molecular weight excluding hydrogens is 296 g/mol. The van der Waals surface area contributed by atoms with Gasteiger partial charge in [-0.3, -0.25) is 4.90 Å². The topological polar surface area (TPSA) is 34.0 Å². The molecule has 4 heteroatoms. The third-order valence-electron chi connectivity index (χ3n) is 4.80. The number of hydrogen-bond acceptors (Lipinski definition) is 3. The van der Waals surface area contributed by atoms with E-state index in [1.54, 1.807) is 0 Å². The summed E-state index contributed by atoms with van der Waals surface area (Å²) in [4.78, 5) is 2.54. The summed E-state index contributed by atoms with van der Waals surface area (Å²) in [6, 6.07) is 21.6. The number of nitrogens with zero attached hydrogens (tertiary/aromatic N) is 4. The van der Waals surface area contributed by atoms with Crippen molar-refractivity contribution >= 4 is 0 Å². The molecule has 0 amide bonds. The van der Waals surface area contributed by atoms with Gasteiger partial charge in [0.25, 0.3) is 0 Å². The fraction of sp³-hybridized carbons (Fsp3) is 0.300. The van der Waals surface area contributed by atoms with Crippen LogP contribution in [-0.2, 0) is 6.54 Å². The molecule has 1 fully saturated rings. The molecule has 1 aromatic heterocycles. The van der Waals surface area contributed by atoms with E-state index < -0.39 is 0 Å². The third kappa shape index (κ3) is 3.24. The summed E-state index contributed by atoms with van der Waals surface area (Å²) in [6.45, 7) is 3.28. The molecule has 0 spiro atoms. The molecule has 0 saturated carbocycles. The lowest BCUT2D eigenvalue weighted by molar-refractivity contribution is 0.180. The molecule has 0 atom stereocenters. The average Bonchev–Trinajstić information content (AvgIpc) is 3.14. The molecule has 2 heterocycles. The van der Waals surface area contributed by atoms with Gasteiger partial charge in [0.2, 0.25) is 0 Å². The van der Waals surface area contributed by atoms with Crippen molar-refractivity contribution in [3.63, 3.8) is 0 Å². The molecule has 1 aliphatic heterocycles. The van der Waals surface area contributed by atoms with Gasteiger partial charge in [-0.25, -0.2) is 0 Å². The van der Waals surface area contributed by atoms with Crippen molar-refractivity contribution in [1.29, 1.82) is 0 Å². The van der Waals surface area contributed by atoms with Crippen molar-refractivity contribution in [3.05, 3.63) is 72.6 Å². The molecule has 24 heavy (non-hydrogen) atoms. The lowest BCUT2D eigenvalue weighted by Gasteiger charge is -2.33. The second kappa shape index (κ2) is 6.97. The summed E-state index contributed by atoms with van der Waals surface area (Å²) in [5, 5.41) is 8.51. The van der Waals surface area contributed by atoms with E-state index in [2.05, 4.69) is 74.3 Å². The zero-order valence-electron chi connectivity index (χ0n) is 13.8. The zero-order valence-corrected chi connectivity index (χ0v) is 13.8. The van der Waals surface area contributed by atoms with Crippen LogP contribution in [0.25, 0.3) is 11.4 Å². The van der Waals surface area contributed by atoms with Gasteiger partial charge in [0, 0.05) is 31.2 Å². The van der Waals surface area contributed by atoms with Gasteiger partial charge in [0.05, 0.1) is 0 Å². The predicted octanol–water partition coefficient (Wildman–Crippen LogP) is 3.78. The van der Waals surface area contributed by atoms with E-state index in [0.717, 1.165) is 43.9 Å². The Labute approximate surface area is 142 Å². The number of hydrogen-bond donors (Lipinski definition) is 0. The van der Waals surface area contributed by atoms with Crippen LogP contribution in [0.2, 0.25) is 0 Å². The highest BCUT2D eigenvalue weighted by molar-refractivity contribution is 5.54. The molecular formula is C20H22N4. The standard InChI is InChI=1S/C20H22N4/c1-3-7-17(8-4-1)15-23-13-11-19(12-14-23)24-16-21-22-20(24)18-9-5-2-6-10-18/h1-10,16,19H,11-15H2. The SMILES string of the molecule is c1ccc(CN2CCC(n3cnnc3-c3ccccc3)CC2)cc1. The third-order valence-corrected chi connectivity index (χ3v) is 4.80. The summed E-state index contributed by atoms with van der Waals surface area (Å²) >= 11 is 0. The molecule has 0 N–H and O–H groups in total. The normalized spacial score (nSPS) is 16.3. The molecule has 3 aromatic rings. The van der Waals surface area contributed by atoms with Crippen molar-refractivity contribution < 1.29 is 0 Å². The molecule has 122 valence electrons. The van der Waals surface area contributed by atoms with Gasteiger partial charge in [-0.05, 0) is 18.4 Å². The van der Waals surface area contributed by atoms with Crippen LogP contribution in [0.4, 0.5) is 0 Å². The van der Waals surface area contributed by atoms with E-state index in [1.807, 2.05) is 12.4 Å². The highest BCUT2D eigenvalue weighted by Crippen LogP contribution is 2.28. The molecule has 4 rings (SSSR count). The van der Waals surface area contributed by atoms with Crippen molar-refractivity contribution in [1.82, 2.24) is 19.7 Å². The Morgan fingerprint density at radius 1 is 0.875 bits per heavy atom. The smallest absolute Gasteiger partial charge is 0.164 e.